The van der Waals surface area contributed by atoms with Gasteiger partial charge in [0.05, 0.1) is 6.61 Å². The second-order valence-corrected chi connectivity index (χ2v) is 2.55. The van der Waals surface area contributed by atoms with Crippen LogP contribution in [0.3, 0.4) is 0 Å². The molecular weight excluding hydrogens is 142 g/mol. The van der Waals surface area contributed by atoms with Crippen molar-refractivity contribution in [2.45, 2.75) is 39.2 Å². The molecule has 3 nitrogen and oxygen atoms in total. The van der Waals surface area contributed by atoms with E-state index in [9.17, 15) is 4.79 Å². The molecule has 0 aromatic carbocycles. The Balaban J connectivity index is 3.54. The Hall–Kier alpha value is -0.570. The van der Waals surface area contributed by atoms with Crippen molar-refractivity contribution in [2.75, 3.05) is 6.61 Å². The predicted octanol–water partition coefficient (Wildman–Crippen LogP) is 0.674. The second-order valence-electron chi connectivity index (χ2n) is 2.55. The maximum absolute atomic E-state index is 10.9. The number of hydrogen-bond acceptors (Lipinski definition) is 2. The lowest BCUT2D eigenvalue weighted by molar-refractivity contribution is -0.122. The Labute approximate surface area is 67.8 Å². The number of nitrogens with one attached hydrogen (secondary N) is 1. The summed E-state index contributed by atoms with van der Waals surface area (Å²) in [5, 5.41) is 11.3. The zero-order valence-electron chi connectivity index (χ0n) is 7.26. The van der Waals surface area contributed by atoms with Gasteiger partial charge in [0.15, 0.2) is 0 Å². The van der Waals surface area contributed by atoms with E-state index in [4.69, 9.17) is 5.11 Å². The number of hydrogen-bond donors (Lipinski definition) is 2. The van der Waals surface area contributed by atoms with Gasteiger partial charge in [0.2, 0.25) is 5.91 Å². The van der Waals surface area contributed by atoms with Gasteiger partial charge in [0.1, 0.15) is 0 Å². The van der Waals surface area contributed by atoms with Gasteiger partial charge in [-0.3, -0.25) is 4.79 Å². The van der Waals surface area contributed by atoms with Crippen LogP contribution >= 0.6 is 0 Å². The number of aliphatic hydroxyl groups is 1. The zero-order chi connectivity index (χ0) is 8.69. The maximum atomic E-state index is 10.9. The lowest BCUT2D eigenvalue weighted by Gasteiger charge is -2.13. The van der Waals surface area contributed by atoms with E-state index in [1.54, 1.807) is 0 Å². The van der Waals surface area contributed by atoms with Gasteiger partial charge >= 0.3 is 0 Å². The molecule has 0 rings (SSSR count). The molecule has 0 saturated carbocycles. The molecule has 0 saturated heterocycles. The average molecular weight is 159 g/mol. The second kappa shape index (κ2) is 6.16. The standard InChI is InChI=1S/C8H17NO2/c1-3-7(4-2)9-8(11)5-6-10/h7,10H,3-6H2,1-2H3,(H,9,11). The van der Waals surface area contributed by atoms with E-state index in [-0.39, 0.29) is 25.0 Å². The molecule has 0 spiro atoms. The van der Waals surface area contributed by atoms with Crippen LogP contribution in [0.25, 0.3) is 0 Å². The third-order valence-corrected chi connectivity index (χ3v) is 1.69. The molecule has 0 aliphatic rings. The Morgan fingerprint density at radius 2 is 2.00 bits per heavy atom. The minimum atomic E-state index is -0.0635. The fourth-order valence-electron chi connectivity index (χ4n) is 0.894. The van der Waals surface area contributed by atoms with Crippen molar-refractivity contribution in [3.8, 4) is 0 Å². The fourth-order valence-corrected chi connectivity index (χ4v) is 0.894. The molecule has 0 aliphatic heterocycles. The van der Waals surface area contributed by atoms with Crippen molar-refractivity contribution in [1.82, 2.24) is 5.32 Å². The van der Waals surface area contributed by atoms with Crippen molar-refractivity contribution in [3.05, 3.63) is 0 Å². The third-order valence-electron chi connectivity index (χ3n) is 1.69. The summed E-state index contributed by atoms with van der Waals surface area (Å²) in [6.45, 7) is 4.01. The first-order chi connectivity index (χ1) is 5.24. The summed E-state index contributed by atoms with van der Waals surface area (Å²) in [5.74, 6) is -0.0544. The molecule has 0 radical (unpaired) electrons. The summed E-state index contributed by atoms with van der Waals surface area (Å²) in [4.78, 5) is 10.9. The molecule has 3 heteroatoms. The van der Waals surface area contributed by atoms with Crippen LogP contribution in [0.4, 0.5) is 0 Å². The molecule has 0 bridgehead atoms. The first-order valence-electron chi connectivity index (χ1n) is 4.14. The van der Waals surface area contributed by atoms with Crippen LogP contribution in [0.1, 0.15) is 33.1 Å². The molecule has 0 fully saturated rings. The van der Waals surface area contributed by atoms with Gasteiger partial charge in [-0.1, -0.05) is 13.8 Å². The van der Waals surface area contributed by atoms with Gasteiger partial charge in [-0.15, -0.1) is 0 Å². The van der Waals surface area contributed by atoms with Gasteiger partial charge in [-0.25, -0.2) is 0 Å². The topological polar surface area (TPSA) is 49.3 Å². The maximum Gasteiger partial charge on any atom is 0.222 e. The van der Waals surface area contributed by atoms with Crippen molar-refractivity contribution in [3.63, 3.8) is 0 Å². The highest BCUT2D eigenvalue weighted by Gasteiger charge is 2.06. The highest BCUT2D eigenvalue weighted by Crippen LogP contribution is 1.95. The first-order valence-corrected chi connectivity index (χ1v) is 4.14. The van der Waals surface area contributed by atoms with E-state index in [1.165, 1.54) is 0 Å². The van der Waals surface area contributed by atoms with E-state index in [0.29, 0.717) is 0 Å². The number of amides is 1. The fraction of sp³-hybridized carbons (Fsp3) is 0.875. The molecule has 0 aromatic heterocycles. The largest absolute Gasteiger partial charge is 0.396 e. The van der Waals surface area contributed by atoms with Crippen LogP contribution in [0.2, 0.25) is 0 Å². The monoisotopic (exact) mass is 159 g/mol. The van der Waals surface area contributed by atoms with E-state index < -0.39 is 0 Å². The van der Waals surface area contributed by atoms with Crippen LogP contribution in [-0.2, 0) is 4.79 Å². The van der Waals surface area contributed by atoms with Crippen LogP contribution in [0.15, 0.2) is 0 Å². The Morgan fingerprint density at radius 1 is 1.45 bits per heavy atom. The first kappa shape index (κ1) is 10.4. The Bertz CT molecular complexity index is 111. The predicted molar refractivity (Wildman–Crippen MR) is 44.2 cm³/mol. The highest BCUT2D eigenvalue weighted by atomic mass is 16.3. The minimum absolute atomic E-state index is 0.0544. The lowest BCUT2D eigenvalue weighted by atomic mass is 10.2. The summed E-state index contributed by atoms with van der Waals surface area (Å²) in [5.41, 5.74) is 0. The molecule has 0 heterocycles. The van der Waals surface area contributed by atoms with Crippen molar-refractivity contribution >= 4 is 5.91 Å². The van der Waals surface area contributed by atoms with Crippen molar-refractivity contribution in [2.24, 2.45) is 0 Å². The van der Waals surface area contributed by atoms with Crippen LogP contribution in [0.5, 0.6) is 0 Å². The molecular formula is C8H17NO2. The van der Waals surface area contributed by atoms with Crippen molar-refractivity contribution < 1.29 is 9.90 Å². The number of aliphatic hydroxyl groups excluding tert-OH is 1. The summed E-state index contributed by atoms with van der Waals surface area (Å²) < 4.78 is 0. The van der Waals surface area contributed by atoms with Gasteiger partial charge in [-0.2, -0.15) is 0 Å². The lowest BCUT2D eigenvalue weighted by Crippen LogP contribution is -2.34. The smallest absolute Gasteiger partial charge is 0.222 e. The number of carbonyl (C=O) groups excluding carboxylic acids is 1. The average Bonchev–Trinajstić information content (AvgIpc) is 2.01. The normalized spacial score (nSPS) is 10.2. The van der Waals surface area contributed by atoms with Gasteiger partial charge in [0, 0.05) is 12.5 Å². The molecule has 2 N–H and O–H groups in total. The van der Waals surface area contributed by atoms with E-state index >= 15 is 0 Å². The van der Waals surface area contributed by atoms with Crippen LogP contribution in [-0.4, -0.2) is 23.7 Å². The molecule has 66 valence electrons. The molecule has 0 unspecified atom stereocenters. The third kappa shape index (κ3) is 4.79. The molecule has 0 atom stereocenters. The summed E-state index contributed by atoms with van der Waals surface area (Å²) in [6, 6.07) is 0.272. The number of rotatable bonds is 5. The molecule has 11 heavy (non-hydrogen) atoms. The Kier molecular flexibility index (Phi) is 5.84. The highest BCUT2D eigenvalue weighted by molar-refractivity contribution is 5.76. The van der Waals surface area contributed by atoms with E-state index in [2.05, 4.69) is 5.32 Å². The molecule has 0 aliphatic carbocycles. The number of carbonyl (C=O) groups is 1. The van der Waals surface area contributed by atoms with Gasteiger partial charge in [-0.05, 0) is 12.8 Å². The van der Waals surface area contributed by atoms with Crippen molar-refractivity contribution in [1.29, 1.82) is 0 Å². The quantitative estimate of drug-likeness (QED) is 0.619. The summed E-state index contributed by atoms with van der Waals surface area (Å²) >= 11 is 0. The molecule has 1 amide bonds. The van der Waals surface area contributed by atoms with Gasteiger partial charge in [0.25, 0.3) is 0 Å². The Morgan fingerprint density at radius 3 is 2.36 bits per heavy atom. The van der Waals surface area contributed by atoms with Crippen LogP contribution in [0, 0.1) is 0 Å². The van der Waals surface area contributed by atoms with Crippen LogP contribution < -0.4 is 5.32 Å². The molecule has 0 aromatic rings. The zero-order valence-corrected chi connectivity index (χ0v) is 7.26. The summed E-state index contributed by atoms with van der Waals surface area (Å²) in [6.07, 6.45) is 2.12. The van der Waals surface area contributed by atoms with Gasteiger partial charge < -0.3 is 10.4 Å². The SMILES string of the molecule is CCC(CC)NC(=O)CCO. The van der Waals surface area contributed by atoms with E-state index in [0.717, 1.165) is 12.8 Å². The minimum Gasteiger partial charge on any atom is -0.396 e. The summed E-state index contributed by atoms with van der Waals surface area (Å²) in [7, 11) is 0. The van der Waals surface area contributed by atoms with E-state index in [1.807, 2.05) is 13.8 Å².